The maximum atomic E-state index is 11.5. The van der Waals surface area contributed by atoms with Crippen molar-refractivity contribution < 1.29 is 14.4 Å². The van der Waals surface area contributed by atoms with Crippen LogP contribution in [0.1, 0.15) is 23.3 Å². The van der Waals surface area contributed by atoms with Gasteiger partial charge in [-0.2, -0.15) is 0 Å². The second kappa shape index (κ2) is 5.26. The largest absolute Gasteiger partial charge is 0.345 e. The summed E-state index contributed by atoms with van der Waals surface area (Å²) >= 11 is 0. The highest BCUT2D eigenvalue weighted by Crippen LogP contribution is 2.18. The monoisotopic (exact) mass is 248 g/mol. The zero-order valence-electron chi connectivity index (χ0n) is 9.47. The van der Waals surface area contributed by atoms with Crippen LogP contribution in [0.15, 0.2) is 24.4 Å². The lowest BCUT2D eigenvalue weighted by Crippen LogP contribution is -2.49. The summed E-state index contributed by atoms with van der Waals surface area (Å²) in [5, 5.41) is 2.50. The van der Waals surface area contributed by atoms with E-state index in [0.29, 0.717) is 0 Å². The summed E-state index contributed by atoms with van der Waals surface area (Å²) in [5.41, 5.74) is 4.29. The standard InChI is InChI=1S/C11H12N4O3/c16-9(8-3-1-2-6-12-8)14-15-11(18)10(17)13-7-4-5-7/h1-3,6-7H,4-5H2,(H,13,17)(H,14,16)(H,15,18). The Morgan fingerprint density at radius 2 is 1.89 bits per heavy atom. The third kappa shape index (κ3) is 3.27. The van der Waals surface area contributed by atoms with Crippen LogP contribution in [-0.2, 0) is 9.59 Å². The highest BCUT2D eigenvalue weighted by molar-refractivity contribution is 6.35. The molecular formula is C11H12N4O3. The molecule has 0 bridgehead atoms. The molecule has 1 aliphatic rings. The topological polar surface area (TPSA) is 100 Å². The van der Waals surface area contributed by atoms with Gasteiger partial charge in [0.25, 0.3) is 5.91 Å². The third-order valence-electron chi connectivity index (χ3n) is 2.31. The van der Waals surface area contributed by atoms with E-state index in [1.807, 2.05) is 5.43 Å². The number of hydrogen-bond acceptors (Lipinski definition) is 4. The molecule has 0 spiro atoms. The first-order valence-corrected chi connectivity index (χ1v) is 5.49. The summed E-state index contributed by atoms with van der Waals surface area (Å²) in [7, 11) is 0. The van der Waals surface area contributed by atoms with E-state index in [2.05, 4.69) is 15.7 Å². The SMILES string of the molecule is O=C(NNC(=O)c1ccccn1)C(=O)NC1CC1. The molecule has 0 radical (unpaired) electrons. The first kappa shape index (κ1) is 12.0. The van der Waals surface area contributed by atoms with Gasteiger partial charge in [0, 0.05) is 12.2 Å². The van der Waals surface area contributed by atoms with Crippen molar-refractivity contribution >= 4 is 17.7 Å². The molecule has 1 aromatic heterocycles. The highest BCUT2D eigenvalue weighted by atomic mass is 16.2. The van der Waals surface area contributed by atoms with Crippen LogP contribution < -0.4 is 16.2 Å². The van der Waals surface area contributed by atoms with E-state index >= 15 is 0 Å². The Morgan fingerprint density at radius 1 is 1.11 bits per heavy atom. The lowest BCUT2D eigenvalue weighted by Gasteiger charge is -2.06. The molecule has 0 aromatic carbocycles. The highest BCUT2D eigenvalue weighted by Gasteiger charge is 2.26. The van der Waals surface area contributed by atoms with Crippen molar-refractivity contribution in [3.05, 3.63) is 30.1 Å². The van der Waals surface area contributed by atoms with Crippen molar-refractivity contribution in [1.82, 2.24) is 21.2 Å². The van der Waals surface area contributed by atoms with Gasteiger partial charge in [-0.25, -0.2) is 0 Å². The molecule has 1 fully saturated rings. The number of nitrogens with one attached hydrogen (secondary N) is 3. The summed E-state index contributed by atoms with van der Waals surface area (Å²) < 4.78 is 0. The Hall–Kier alpha value is -2.44. The van der Waals surface area contributed by atoms with E-state index in [9.17, 15) is 14.4 Å². The van der Waals surface area contributed by atoms with Crippen LogP contribution in [-0.4, -0.2) is 28.7 Å². The first-order valence-electron chi connectivity index (χ1n) is 5.49. The van der Waals surface area contributed by atoms with Crippen LogP contribution in [0, 0.1) is 0 Å². The van der Waals surface area contributed by atoms with E-state index < -0.39 is 17.7 Å². The number of aromatic nitrogens is 1. The second-order valence-corrected chi connectivity index (χ2v) is 3.87. The van der Waals surface area contributed by atoms with Gasteiger partial charge in [-0.3, -0.25) is 30.2 Å². The van der Waals surface area contributed by atoms with Crippen LogP contribution in [0.5, 0.6) is 0 Å². The summed E-state index contributed by atoms with van der Waals surface area (Å²) in [6, 6.07) is 4.89. The molecule has 0 aliphatic heterocycles. The van der Waals surface area contributed by atoms with Gasteiger partial charge in [0.15, 0.2) is 0 Å². The van der Waals surface area contributed by atoms with Gasteiger partial charge in [-0.15, -0.1) is 0 Å². The molecule has 7 nitrogen and oxygen atoms in total. The first-order chi connectivity index (χ1) is 8.66. The summed E-state index contributed by atoms with van der Waals surface area (Å²) in [6.07, 6.45) is 3.23. The number of hydrazine groups is 1. The fourth-order valence-electron chi connectivity index (χ4n) is 1.21. The van der Waals surface area contributed by atoms with Crippen LogP contribution in [0.2, 0.25) is 0 Å². The molecule has 3 amide bonds. The molecule has 3 N–H and O–H groups in total. The fraction of sp³-hybridized carbons (Fsp3) is 0.273. The van der Waals surface area contributed by atoms with Gasteiger partial charge in [0.2, 0.25) is 0 Å². The maximum absolute atomic E-state index is 11.5. The van der Waals surface area contributed by atoms with Crippen molar-refractivity contribution in [3.8, 4) is 0 Å². The Balaban J connectivity index is 1.78. The van der Waals surface area contributed by atoms with Gasteiger partial charge in [-0.05, 0) is 25.0 Å². The summed E-state index contributed by atoms with van der Waals surface area (Å²) in [6.45, 7) is 0. The van der Waals surface area contributed by atoms with Gasteiger partial charge >= 0.3 is 11.8 Å². The van der Waals surface area contributed by atoms with E-state index in [1.165, 1.54) is 12.3 Å². The Kier molecular flexibility index (Phi) is 3.52. The molecule has 94 valence electrons. The number of pyridine rings is 1. The average Bonchev–Trinajstić information content (AvgIpc) is 3.20. The predicted octanol–water partition coefficient (Wildman–Crippen LogP) is -0.879. The van der Waals surface area contributed by atoms with E-state index in [4.69, 9.17) is 0 Å². The minimum Gasteiger partial charge on any atom is -0.345 e. The van der Waals surface area contributed by atoms with Crippen molar-refractivity contribution in [3.63, 3.8) is 0 Å². The van der Waals surface area contributed by atoms with E-state index in [0.717, 1.165) is 12.8 Å². The van der Waals surface area contributed by atoms with E-state index in [-0.39, 0.29) is 11.7 Å². The number of hydrogen-bond donors (Lipinski definition) is 3. The molecule has 1 heterocycles. The Bertz CT molecular complexity index is 470. The molecular weight excluding hydrogens is 236 g/mol. The number of nitrogens with zero attached hydrogens (tertiary/aromatic N) is 1. The average molecular weight is 248 g/mol. The number of carbonyl (C=O) groups is 3. The van der Waals surface area contributed by atoms with Gasteiger partial charge in [-0.1, -0.05) is 6.07 Å². The number of rotatable bonds is 2. The quantitative estimate of drug-likeness (QED) is 0.467. The molecule has 0 atom stereocenters. The molecule has 7 heteroatoms. The van der Waals surface area contributed by atoms with E-state index in [1.54, 1.807) is 12.1 Å². The predicted molar refractivity (Wildman–Crippen MR) is 61.0 cm³/mol. The fourth-order valence-corrected chi connectivity index (χ4v) is 1.21. The van der Waals surface area contributed by atoms with Crippen LogP contribution in [0.4, 0.5) is 0 Å². The smallest absolute Gasteiger partial charge is 0.327 e. The molecule has 0 saturated heterocycles. The zero-order valence-corrected chi connectivity index (χ0v) is 9.47. The minimum absolute atomic E-state index is 0.0924. The Labute approximate surface area is 103 Å². The minimum atomic E-state index is -0.897. The zero-order chi connectivity index (χ0) is 13.0. The molecule has 1 saturated carbocycles. The van der Waals surface area contributed by atoms with Crippen LogP contribution in [0.3, 0.4) is 0 Å². The van der Waals surface area contributed by atoms with Gasteiger partial charge in [0.05, 0.1) is 0 Å². The maximum Gasteiger partial charge on any atom is 0.327 e. The number of amides is 3. The van der Waals surface area contributed by atoms with Crippen molar-refractivity contribution in [1.29, 1.82) is 0 Å². The van der Waals surface area contributed by atoms with Crippen LogP contribution in [0.25, 0.3) is 0 Å². The summed E-state index contributed by atoms with van der Waals surface area (Å²) in [4.78, 5) is 37.8. The van der Waals surface area contributed by atoms with Crippen molar-refractivity contribution in [2.75, 3.05) is 0 Å². The lowest BCUT2D eigenvalue weighted by molar-refractivity contribution is -0.139. The molecule has 2 rings (SSSR count). The second-order valence-electron chi connectivity index (χ2n) is 3.87. The Morgan fingerprint density at radius 3 is 2.50 bits per heavy atom. The molecule has 1 aliphatic carbocycles. The normalized spacial score (nSPS) is 13.6. The molecule has 0 unspecified atom stereocenters. The lowest BCUT2D eigenvalue weighted by atomic mass is 10.3. The van der Waals surface area contributed by atoms with Gasteiger partial charge in [0.1, 0.15) is 5.69 Å². The number of carbonyl (C=O) groups excluding carboxylic acids is 3. The molecule has 1 aromatic rings. The van der Waals surface area contributed by atoms with Crippen molar-refractivity contribution in [2.45, 2.75) is 18.9 Å². The van der Waals surface area contributed by atoms with Crippen LogP contribution >= 0.6 is 0 Å². The summed E-state index contributed by atoms with van der Waals surface area (Å²) in [5.74, 6) is -2.23. The third-order valence-corrected chi connectivity index (χ3v) is 2.31. The van der Waals surface area contributed by atoms with Gasteiger partial charge < -0.3 is 5.32 Å². The van der Waals surface area contributed by atoms with Crippen molar-refractivity contribution in [2.24, 2.45) is 0 Å². The molecule has 18 heavy (non-hydrogen) atoms.